The van der Waals surface area contributed by atoms with E-state index in [1.807, 2.05) is 23.5 Å². The zero-order valence-corrected chi connectivity index (χ0v) is 24.2. The molecule has 0 radical (unpaired) electrons. The standard InChI is InChI=1S/C24H42O4S2Si2/c1-6-7-8-9-10-11-16-25-21-14-12-20(13-15-21)19-29-24-17-22-23(30-24)18-26-31(2,3)28-32(4,5)27-22/h12-15,22-24H,6-11,16-19H2,1-5H3/t22-,23+,24?/m0/s1. The highest BCUT2D eigenvalue weighted by molar-refractivity contribution is 8.17. The minimum atomic E-state index is -2.14. The number of hydrogen-bond donors (Lipinski definition) is 0. The molecule has 1 aromatic rings. The van der Waals surface area contributed by atoms with Gasteiger partial charge in [0.15, 0.2) is 0 Å². The summed E-state index contributed by atoms with van der Waals surface area (Å²) in [6.07, 6.45) is 9.10. The van der Waals surface area contributed by atoms with Gasteiger partial charge in [-0.2, -0.15) is 0 Å². The van der Waals surface area contributed by atoms with Crippen molar-refractivity contribution >= 4 is 40.6 Å². The molecule has 8 heteroatoms. The summed E-state index contributed by atoms with van der Waals surface area (Å²) in [6.45, 7) is 12.4. The molecule has 2 aliphatic heterocycles. The van der Waals surface area contributed by atoms with Crippen molar-refractivity contribution < 1.29 is 17.7 Å². The molecule has 3 atom stereocenters. The molecule has 3 rings (SSSR count). The van der Waals surface area contributed by atoms with Gasteiger partial charge < -0.3 is 17.7 Å². The fourth-order valence-electron chi connectivity index (χ4n) is 4.29. The van der Waals surface area contributed by atoms with Crippen LogP contribution in [0.4, 0.5) is 0 Å². The molecule has 0 bridgehead atoms. The van der Waals surface area contributed by atoms with E-state index in [1.165, 1.54) is 37.7 Å². The molecule has 0 saturated carbocycles. The summed E-state index contributed by atoms with van der Waals surface area (Å²) < 4.78 is 25.5. The number of hydrogen-bond acceptors (Lipinski definition) is 6. The summed E-state index contributed by atoms with van der Waals surface area (Å²) in [5.41, 5.74) is 1.36. The number of rotatable bonds is 11. The lowest BCUT2D eigenvalue weighted by atomic mass is 10.1. The molecule has 0 aliphatic carbocycles. The molecule has 32 heavy (non-hydrogen) atoms. The summed E-state index contributed by atoms with van der Waals surface area (Å²) in [6, 6.07) is 8.67. The van der Waals surface area contributed by atoms with E-state index in [0.717, 1.165) is 37.6 Å². The molecule has 0 amide bonds. The van der Waals surface area contributed by atoms with Crippen LogP contribution in [0.15, 0.2) is 24.3 Å². The van der Waals surface area contributed by atoms with Crippen LogP contribution in [0.25, 0.3) is 0 Å². The van der Waals surface area contributed by atoms with Gasteiger partial charge in [0.05, 0.1) is 29.1 Å². The third kappa shape index (κ3) is 9.00. The van der Waals surface area contributed by atoms with Gasteiger partial charge >= 0.3 is 17.1 Å². The molecule has 2 saturated heterocycles. The number of fused-ring (bicyclic) bond motifs is 1. The Labute approximate surface area is 206 Å². The highest BCUT2D eigenvalue weighted by Crippen LogP contribution is 2.45. The third-order valence-electron chi connectivity index (χ3n) is 5.81. The van der Waals surface area contributed by atoms with Crippen molar-refractivity contribution in [2.75, 3.05) is 13.2 Å². The molecule has 182 valence electrons. The predicted octanol–water partition coefficient (Wildman–Crippen LogP) is 7.33. The number of ether oxygens (including phenoxy) is 1. The first kappa shape index (κ1) is 26.6. The number of unbranched alkanes of at least 4 members (excludes halogenated alkanes) is 5. The van der Waals surface area contributed by atoms with Gasteiger partial charge in [0.2, 0.25) is 0 Å². The molecule has 0 aromatic heterocycles. The predicted molar refractivity (Wildman–Crippen MR) is 143 cm³/mol. The van der Waals surface area contributed by atoms with Crippen LogP contribution in [0.1, 0.15) is 57.4 Å². The summed E-state index contributed by atoms with van der Waals surface area (Å²) >= 11 is 4.06. The fraction of sp³-hybridized carbons (Fsp3) is 0.750. The molecule has 1 unspecified atom stereocenters. The summed E-state index contributed by atoms with van der Waals surface area (Å²) in [4.78, 5) is 0. The van der Waals surface area contributed by atoms with Gasteiger partial charge in [0, 0.05) is 5.75 Å². The largest absolute Gasteiger partial charge is 0.494 e. The first-order chi connectivity index (χ1) is 15.3. The van der Waals surface area contributed by atoms with Crippen molar-refractivity contribution in [3.63, 3.8) is 0 Å². The van der Waals surface area contributed by atoms with Crippen LogP contribution in [0.3, 0.4) is 0 Å². The van der Waals surface area contributed by atoms with Crippen LogP contribution >= 0.6 is 23.5 Å². The van der Waals surface area contributed by atoms with E-state index in [0.29, 0.717) is 9.83 Å². The maximum absolute atomic E-state index is 6.53. The molecule has 4 nitrogen and oxygen atoms in total. The van der Waals surface area contributed by atoms with Crippen molar-refractivity contribution in [3.05, 3.63) is 29.8 Å². The van der Waals surface area contributed by atoms with Gasteiger partial charge in [-0.15, -0.1) is 23.5 Å². The Hall–Kier alpha value is 0.0338. The Balaban J connectivity index is 1.38. The Morgan fingerprint density at radius 1 is 1.00 bits per heavy atom. The number of thioether (sulfide) groups is 2. The maximum atomic E-state index is 6.53. The zero-order valence-electron chi connectivity index (χ0n) is 20.6. The van der Waals surface area contributed by atoms with Crippen LogP contribution < -0.4 is 4.74 Å². The van der Waals surface area contributed by atoms with Crippen molar-refractivity contribution in [3.8, 4) is 5.75 Å². The molecule has 0 spiro atoms. The Morgan fingerprint density at radius 3 is 2.47 bits per heavy atom. The van der Waals surface area contributed by atoms with Crippen molar-refractivity contribution in [1.82, 2.24) is 0 Å². The van der Waals surface area contributed by atoms with Gasteiger partial charge in [0.1, 0.15) is 5.75 Å². The minimum absolute atomic E-state index is 0.252. The van der Waals surface area contributed by atoms with Crippen LogP contribution in [-0.4, -0.2) is 46.3 Å². The van der Waals surface area contributed by atoms with E-state index < -0.39 is 17.1 Å². The topological polar surface area (TPSA) is 36.9 Å². The Kier molecular flexibility index (Phi) is 10.5. The highest BCUT2D eigenvalue weighted by Gasteiger charge is 2.46. The van der Waals surface area contributed by atoms with E-state index in [9.17, 15) is 0 Å². The first-order valence-electron chi connectivity index (χ1n) is 12.3. The first-order valence-corrected chi connectivity index (χ1v) is 19.9. The van der Waals surface area contributed by atoms with E-state index in [-0.39, 0.29) is 6.10 Å². The second-order valence-electron chi connectivity index (χ2n) is 9.78. The van der Waals surface area contributed by atoms with E-state index in [2.05, 4.69) is 57.4 Å². The molecule has 2 heterocycles. The Bertz CT molecular complexity index is 687. The van der Waals surface area contributed by atoms with Gasteiger partial charge in [-0.3, -0.25) is 0 Å². The number of benzene rings is 1. The summed E-state index contributed by atoms with van der Waals surface area (Å²) in [5.74, 6) is 2.01. The fourth-order valence-corrected chi connectivity index (χ4v) is 14.3. The SMILES string of the molecule is CCCCCCCCOc1ccc(CSC2C[C@@H]3O[Si](C)(C)O[Si](C)(C)OC[C@H]3S2)cc1. The average molecular weight is 515 g/mol. The van der Waals surface area contributed by atoms with E-state index in [1.54, 1.807) is 0 Å². The highest BCUT2D eigenvalue weighted by atomic mass is 32.2. The van der Waals surface area contributed by atoms with Crippen molar-refractivity contribution in [2.45, 2.75) is 99.7 Å². The van der Waals surface area contributed by atoms with Gasteiger partial charge in [-0.25, -0.2) is 0 Å². The minimum Gasteiger partial charge on any atom is -0.494 e. The zero-order chi connectivity index (χ0) is 23.0. The van der Waals surface area contributed by atoms with Crippen molar-refractivity contribution in [2.24, 2.45) is 0 Å². The maximum Gasteiger partial charge on any atom is 0.323 e. The molecule has 0 N–H and O–H groups in total. The molecular weight excluding hydrogens is 473 g/mol. The molecule has 1 aromatic carbocycles. The third-order valence-corrected chi connectivity index (χ3v) is 14.6. The quantitative estimate of drug-likeness (QED) is 0.227. The van der Waals surface area contributed by atoms with Gasteiger partial charge in [-0.05, 0) is 56.7 Å². The van der Waals surface area contributed by atoms with Gasteiger partial charge in [-0.1, -0.05) is 51.2 Å². The monoisotopic (exact) mass is 514 g/mol. The van der Waals surface area contributed by atoms with Gasteiger partial charge in [0.25, 0.3) is 0 Å². The summed E-state index contributed by atoms with van der Waals surface area (Å²) in [5, 5.41) is 0.424. The molecular formula is C24H42O4S2Si2. The molecule has 2 fully saturated rings. The normalized spacial score (nSPS) is 26.8. The van der Waals surface area contributed by atoms with Crippen LogP contribution in [0, 0.1) is 0 Å². The van der Waals surface area contributed by atoms with E-state index in [4.69, 9.17) is 17.7 Å². The summed E-state index contributed by atoms with van der Waals surface area (Å²) in [7, 11) is -4.22. The molecule has 2 aliphatic rings. The second-order valence-corrected chi connectivity index (χ2v) is 19.7. The van der Waals surface area contributed by atoms with Crippen molar-refractivity contribution in [1.29, 1.82) is 0 Å². The smallest absolute Gasteiger partial charge is 0.323 e. The van der Waals surface area contributed by atoms with Crippen LogP contribution in [0.2, 0.25) is 26.2 Å². The lowest BCUT2D eigenvalue weighted by molar-refractivity contribution is 0.0968. The Morgan fingerprint density at radius 2 is 1.72 bits per heavy atom. The van der Waals surface area contributed by atoms with Crippen LogP contribution in [0.5, 0.6) is 5.75 Å². The van der Waals surface area contributed by atoms with Crippen LogP contribution in [-0.2, 0) is 18.7 Å². The lowest BCUT2D eigenvalue weighted by Gasteiger charge is -2.39. The second kappa shape index (κ2) is 12.7. The lowest BCUT2D eigenvalue weighted by Crippen LogP contribution is -2.54. The van der Waals surface area contributed by atoms with E-state index >= 15 is 0 Å². The average Bonchev–Trinajstić information content (AvgIpc) is 3.10.